The number of hydrogen-bond acceptors (Lipinski definition) is 6. The second-order valence-electron chi connectivity index (χ2n) is 5.34. The van der Waals surface area contributed by atoms with Gasteiger partial charge in [0.2, 0.25) is 5.91 Å². The van der Waals surface area contributed by atoms with Gasteiger partial charge in [-0.1, -0.05) is 6.07 Å². The normalized spacial score (nSPS) is 19.4. The van der Waals surface area contributed by atoms with Crippen molar-refractivity contribution in [3.8, 4) is 0 Å². The summed E-state index contributed by atoms with van der Waals surface area (Å²) in [5, 5.41) is 15.0. The molecule has 23 heavy (non-hydrogen) atoms. The van der Waals surface area contributed by atoms with Crippen molar-refractivity contribution < 1.29 is 24.0 Å². The first-order valence-corrected chi connectivity index (χ1v) is 7.18. The van der Waals surface area contributed by atoms with Crippen LogP contribution in [0.2, 0.25) is 0 Å². The fourth-order valence-corrected chi connectivity index (χ4v) is 2.26. The van der Waals surface area contributed by atoms with Gasteiger partial charge in [-0.25, -0.2) is 0 Å². The first-order chi connectivity index (χ1) is 11.1. The van der Waals surface area contributed by atoms with Crippen molar-refractivity contribution >= 4 is 22.8 Å². The summed E-state index contributed by atoms with van der Waals surface area (Å²) in [6.45, 7) is 1.67. The van der Waals surface area contributed by atoms with Gasteiger partial charge in [0, 0.05) is 17.0 Å². The fraction of sp³-hybridized carbons (Fsp3) is 0.333. The van der Waals surface area contributed by atoms with E-state index in [1.807, 2.05) is 0 Å². The second-order valence-corrected chi connectivity index (χ2v) is 5.34. The lowest BCUT2D eigenvalue weighted by molar-refractivity contribution is -0.139. The van der Waals surface area contributed by atoms with E-state index < -0.39 is 6.04 Å². The number of hydroxylamine groups is 1. The van der Waals surface area contributed by atoms with Crippen molar-refractivity contribution in [3.05, 3.63) is 35.6 Å². The molecule has 1 fully saturated rings. The molecule has 1 aliphatic heterocycles. The maximum absolute atomic E-state index is 12.1. The molecule has 0 spiro atoms. The van der Waals surface area contributed by atoms with Crippen LogP contribution in [-0.4, -0.2) is 36.3 Å². The molecule has 8 heteroatoms. The van der Waals surface area contributed by atoms with Crippen molar-refractivity contribution in [1.29, 1.82) is 0 Å². The van der Waals surface area contributed by atoms with Crippen LogP contribution < -0.4 is 16.1 Å². The summed E-state index contributed by atoms with van der Waals surface area (Å²) in [6.07, 6.45) is 0. The van der Waals surface area contributed by atoms with Crippen LogP contribution in [0.25, 0.3) is 11.0 Å². The number of carbonyl (C=O) groups excluding carboxylic acids is 2. The molecule has 2 atom stereocenters. The molecular formula is C15H17N3O5. The number of aliphatic hydroxyl groups excluding tert-OH is 1. The third-order valence-corrected chi connectivity index (χ3v) is 3.52. The number of hydrogen-bond donors (Lipinski definition) is 4. The van der Waals surface area contributed by atoms with Gasteiger partial charge < -0.3 is 20.2 Å². The Labute approximate surface area is 131 Å². The molecule has 1 aromatic heterocycles. The molecule has 3 rings (SSSR count). The van der Waals surface area contributed by atoms with Crippen molar-refractivity contribution in [3.63, 3.8) is 0 Å². The van der Waals surface area contributed by atoms with Gasteiger partial charge >= 0.3 is 0 Å². The maximum Gasteiger partial charge on any atom is 0.251 e. The number of aliphatic hydroxyl groups is 1. The number of fused-ring (bicyclic) bond motifs is 1. The van der Waals surface area contributed by atoms with Crippen LogP contribution in [0.15, 0.2) is 28.7 Å². The third kappa shape index (κ3) is 3.19. The summed E-state index contributed by atoms with van der Waals surface area (Å²) in [5.74, 6) is -0.146. The van der Waals surface area contributed by atoms with Crippen LogP contribution in [0.5, 0.6) is 0 Å². The summed E-state index contributed by atoms with van der Waals surface area (Å²) in [5.41, 5.74) is 3.51. The largest absolute Gasteiger partial charge is 0.459 e. The van der Waals surface area contributed by atoms with Crippen LogP contribution in [0, 0.1) is 0 Å². The summed E-state index contributed by atoms with van der Waals surface area (Å²) < 4.78 is 5.67. The van der Waals surface area contributed by atoms with Gasteiger partial charge in [0.25, 0.3) is 5.91 Å². The molecule has 0 radical (unpaired) electrons. The summed E-state index contributed by atoms with van der Waals surface area (Å²) in [4.78, 5) is 28.8. The number of nitrogens with one attached hydrogen (secondary N) is 3. The Bertz CT molecular complexity index is 742. The topological polar surface area (TPSA) is 113 Å². The van der Waals surface area contributed by atoms with Gasteiger partial charge in [0.15, 0.2) is 6.04 Å². The van der Waals surface area contributed by atoms with E-state index in [4.69, 9.17) is 14.4 Å². The SMILES string of the molecule is C[C@@H](CO)NC(=O)c1ccc2cc(C3NOCNC3=O)oc2c1. The highest BCUT2D eigenvalue weighted by molar-refractivity contribution is 5.98. The van der Waals surface area contributed by atoms with E-state index in [1.165, 1.54) is 0 Å². The average molecular weight is 319 g/mol. The Hall–Kier alpha value is -2.42. The quantitative estimate of drug-likeness (QED) is 0.640. The Balaban J connectivity index is 1.86. The molecule has 0 aliphatic carbocycles. The molecule has 2 amide bonds. The maximum atomic E-state index is 12.1. The first-order valence-electron chi connectivity index (χ1n) is 7.18. The molecule has 2 heterocycles. The van der Waals surface area contributed by atoms with Crippen LogP contribution in [0.4, 0.5) is 0 Å². The zero-order valence-corrected chi connectivity index (χ0v) is 12.5. The predicted molar refractivity (Wildman–Crippen MR) is 80.2 cm³/mol. The summed E-state index contributed by atoms with van der Waals surface area (Å²) in [7, 11) is 0. The smallest absolute Gasteiger partial charge is 0.251 e. The number of rotatable bonds is 4. The van der Waals surface area contributed by atoms with Crippen molar-refractivity contribution in [1.82, 2.24) is 16.1 Å². The number of furan rings is 1. The van der Waals surface area contributed by atoms with Gasteiger partial charge in [-0.2, -0.15) is 5.48 Å². The van der Waals surface area contributed by atoms with Crippen molar-refractivity contribution in [2.45, 2.75) is 19.0 Å². The van der Waals surface area contributed by atoms with E-state index >= 15 is 0 Å². The standard InChI is InChI=1S/C15H17N3O5/c1-8(6-19)17-14(20)10-3-2-9-4-12(23-11(9)5-10)13-15(21)16-7-22-18-13/h2-5,8,13,18-19H,6-7H2,1H3,(H,16,21)(H,17,20)/t8-,13?/m0/s1. The zero-order chi connectivity index (χ0) is 16.4. The number of benzene rings is 1. The van der Waals surface area contributed by atoms with Crippen LogP contribution >= 0.6 is 0 Å². The van der Waals surface area contributed by atoms with Crippen molar-refractivity contribution in [2.24, 2.45) is 0 Å². The Morgan fingerprint density at radius 2 is 2.30 bits per heavy atom. The Morgan fingerprint density at radius 3 is 3.04 bits per heavy atom. The molecule has 1 aliphatic rings. The molecule has 4 N–H and O–H groups in total. The lowest BCUT2D eigenvalue weighted by atomic mass is 10.1. The van der Waals surface area contributed by atoms with Crippen molar-refractivity contribution in [2.75, 3.05) is 13.3 Å². The average Bonchev–Trinajstić information content (AvgIpc) is 2.97. The minimum Gasteiger partial charge on any atom is -0.459 e. The monoisotopic (exact) mass is 319 g/mol. The van der Waals surface area contributed by atoms with E-state index in [1.54, 1.807) is 31.2 Å². The van der Waals surface area contributed by atoms with E-state index in [2.05, 4.69) is 16.1 Å². The summed E-state index contributed by atoms with van der Waals surface area (Å²) in [6, 6.07) is 5.65. The van der Waals surface area contributed by atoms with Crippen LogP contribution in [-0.2, 0) is 9.63 Å². The van der Waals surface area contributed by atoms with Gasteiger partial charge in [-0.05, 0) is 25.1 Å². The highest BCUT2D eigenvalue weighted by Gasteiger charge is 2.27. The molecule has 0 saturated carbocycles. The van der Waals surface area contributed by atoms with E-state index in [0.29, 0.717) is 16.9 Å². The second kappa shape index (κ2) is 6.37. The van der Waals surface area contributed by atoms with Gasteiger partial charge in [0.05, 0.1) is 6.61 Å². The van der Waals surface area contributed by atoms with Crippen LogP contribution in [0.1, 0.15) is 29.1 Å². The Morgan fingerprint density at radius 1 is 1.48 bits per heavy atom. The Kier molecular flexibility index (Phi) is 4.28. The molecule has 1 saturated heterocycles. The third-order valence-electron chi connectivity index (χ3n) is 3.52. The van der Waals surface area contributed by atoms with Gasteiger partial charge in [0.1, 0.15) is 18.1 Å². The van der Waals surface area contributed by atoms with E-state index in [-0.39, 0.29) is 31.2 Å². The lowest BCUT2D eigenvalue weighted by Gasteiger charge is -2.21. The summed E-state index contributed by atoms with van der Waals surface area (Å²) >= 11 is 0. The molecule has 2 aromatic rings. The number of carbonyl (C=O) groups is 2. The highest BCUT2D eigenvalue weighted by atomic mass is 16.7. The van der Waals surface area contributed by atoms with Gasteiger partial charge in [-0.15, -0.1) is 0 Å². The minimum absolute atomic E-state index is 0.100. The first kappa shape index (κ1) is 15.5. The van der Waals surface area contributed by atoms with E-state index in [0.717, 1.165) is 5.39 Å². The molecule has 1 aromatic carbocycles. The number of amides is 2. The molecule has 122 valence electrons. The minimum atomic E-state index is -0.733. The lowest BCUT2D eigenvalue weighted by Crippen LogP contribution is -2.45. The molecule has 8 nitrogen and oxygen atoms in total. The highest BCUT2D eigenvalue weighted by Crippen LogP contribution is 2.26. The van der Waals surface area contributed by atoms with E-state index in [9.17, 15) is 9.59 Å². The molecule has 1 unspecified atom stereocenters. The predicted octanol–water partition coefficient (Wildman–Crippen LogP) is 0.193. The fourth-order valence-electron chi connectivity index (χ4n) is 2.26. The van der Waals surface area contributed by atoms with Crippen LogP contribution in [0.3, 0.4) is 0 Å². The molecule has 0 bridgehead atoms. The van der Waals surface area contributed by atoms with Gasteiger partial charge in [-0.3, -0.25) is 14.4 Å². The zero-order valence-electron chi connectivity index (χ0n) is 12.5. The molecular weight excluding hydrogens is 302 g/mol.